The largest absolute Gasteiger partial charge is 0.481 e. The van der Waals surface area contributed by atoms with E-state index in [1.807, 2.05) is 33.9 Å². The number of nitrogens with one attached hydrogen (secondary N) is 1. The van der Waals surface area contributed by atoms with Crippen molar-refractivity contribution in [2.24, 2.45) is 11.8 Å². The zero-order valence-corrected chi connectivity index (χ0v) is 26.6. The number of carbonyl (C=O) groups is 3. The number of piperidine rings is 1. The first-order valence-electron chi connectivity index (χ1n) is 15.4. The van der Waals surface area contributed by atoms with E-state index in [2.05, 4.69) is 16.3 Å². The van der Waals surface area contributed by atoms with Crippen LogP contribution < -0.4 is 10.1 Å². The number of esters is 2. The van der Waals surface area contributed by atoms with Crippen molar-refractivity contribution in [3.63, 3.8) is 0 Å². The lowest BCUT2D eigenvalue weighted by molar-refractivity contribution is -0.176. The number of likely N-dealkylation sites (N-methyl/N-ethyl adjacent to an activating group) is 1. The maximum absolute atomic E-state index is 13.4. The van der Waals surface area contributed by atoms with E-state index in [4.69, 9.17) is 18.9 Å². The molecule has 5 rings (SSSR count). The smallest absolute Gasteiger partial charge is 0.407 e. The van der Waals surface area contributed by atoms with Crippen LogP contribution in [-0.4, -0.2) is 77.6 Å². The van der Waals surface area contributed by atoms with Crippen LogP contribution in [0, 0.1) is 18.8 Å². The predicted molar refractivity (Wildman–Crippen MR) is 158 cm³/mol. The maximum Gasteiger partial charge on any atom is 0.407 e. The number of amides is 1. The topological polar surface area (TPSA) is 124 Å². The van der Waals surface area contributed by atoms with E-state index in [1.54, 1.807) is 26.8 Å². The van der Waals surface area contributed by atoms with Gasteiger partial charge >= 0.3 is 18.0 Å². The Morgan fingerprint density at radius 2 is 1.91 bits per heavy atom. The second-order valence-electron chi connectivity index (χ2n) is 14.1. The van der Waals surface area contributed by atoms with E-state index in [0.29, 0.717) is 25.0 Å². The molecule has 6 atom stereocenters. The van der Waals surface area contributed by atoms with E-state index in [1.165, 1.54) is 6.92 Å². The number of aliphatic hydroxyl groups is 1. The highest BCUT2D eigenvalue weighted by atomic mass is 16.6. The summed E-state index contributed by atoms with van der Waals surface area (Å²) in [7, 11) is 2.05. The second-order valence-corrected chi connectivity index (χ2v) is 14.1. The van der Waals surface area contributed by atoms with Gasteiger partial charge in [0.15, 0.2) is 12.2 Å². The fourth-order valence-corrected chi connectivity index (χ4v) is 7.46. The Balaban J connectivity index is 1.31. The minimum Gasteiger partial charge on any atom is -0.481 e. The number of hydrogen-bond acceptors (Lipinski definition) is 9. The lowest BCUT2D eigenvalue weighted by atomic mass is 9.50. The number of nitrogens with zero attached hydrogens (tertiary/aromatic N) is 1. The number of ether oxygens (including phenoxy) is 4. The van der Waals surface area contributed by atoms with E-state index in [9.17, 15) is 19.5 Å². The molecular weight excluding hydrogens is 552 g/mol. The lowest BCUT2D eigenvalue weighted by Crippen LogP contribution is -2.74. The molecule has 1 aromatic carbocycles. The quantitative estimate of drug-likeness (QED) is 0.338. The zero-order chi connectivity index (χ0) is 31.5. The van der Waals surface area contributed by atoms with Crippen LogP contribution in [0.1, 0.15) is 77.5 Å². The summed E-state index contributed by atoms with van der Waals surface area (Å²) in [5.74, 6) is -0.736. The number of rotatable bonds is 8. The number of carbonyl (C=O) groups excluding carboxylic acids is 3. The van der Waals surface area contributed by atoms with Gasteiger partial charge in [0.2, 0.25) is 0 Å². The molecule has 0 aromatic heterocycles. The first kappa shape index (κ1) is 31.3. The lowest BCUT2D eigenvalue weighted by Gasteiger charge is -2.61. The van der Waals surface area contributed by atoms with Crippen LogP contribution in [0.25, 0.3) is 0 Å². The molecule has 0 radical (unpaired) electrons. The van der Waals surface area contributed by atoms with E-state index in [-0.39, 0.29) is 18.5 Å². The predicted octanol–water partition coefficient (Wildman–Crippen LogP) is 3.93. The fraction of sp³-hybridized carbons (Fsp3) is 0.667. The summed E-state index contributed by atoms with van der Waals surface area (Å²) in [5.41, 5.74) is 0.701. The minimum absolute atomic E-state index is 0.0193. The second kappa shape index (κ2) is 11.1. The van der Waals surface area contributed by atoms with Gasteiger partial charge < -0.3 is 34.3 Å². The molecule has 0 saturated carbocycles. The molecule has 1 fully saturated rings. The SMILES string of the molecule is Cc1ccc2c3c1O[C@H]1C(OC(=O)[C@H](C)OC(=O)[C@@H](CNC(=O)OC(C)(C)C)CC(C)C)=CC[C@@]4(O)[C@@H](C2)N(C)CC[C@]314. The van der Waals surface area contributed by atoms with Crippen molar-refractivity contribution in [3.8, 4) is 5.75 Å². The molecule has 4 aliphatic rings. The highest BCUT2D eigenvalue weighted by Gasteiger charge is 2.71. The van der Waals surface area contributed by atoms with Gasteiger partial charge in [-0.1, -0.05) is 26.0 Å². The molecule has 43 heavy (non-hydrogen) atoms. The summed E-state index contributed by atoms with van der Waals surface area (Å²) >= 11 is 0. The molecule has 2 aliphatic heterocycles. The first-order valence-corrected chi connectivity index (χ1v) is 15.4. The van der Waals surface area contributed by atoms with Crippen LogP contribution in [0.5, 0.6) is 5.75 Å². The Bertz CT molecular complexity index is 1330. The molecule has 0 unspecified atom stereocenters. The monoisotopic (exact) mass is 598 g/mol. The van der Waals surface area contributed by atoms with Crippen molar-refractivity contribution in [1.29, 1.82) is 0 Å². The highest BCUT2D eigenvalue weighted by Crippen LogP contribution is 2.64. The van der Waals surface area contributed by atoms with Gasteiger partial charge in [0, 0.05) is 24.6 Å². The summed E-state index contributed by atoms with van der Waals surface area (Å²) < 4.78 is 23.4. The average Bonchev–Trinajstić information content (AvgIpc) is 3.26. The molecule has 10 nitrogen and oxygen atoms in total. The van der Waals surface area contributed by atoms with Crippen molar-refractivity contribution in [3.05, 3.63) is 40.7 Å². The van der Waals surface area contributed by atoms with Gasteiger partial charge in [-0.3, -0.25) is 4.79 Å². The molecule has 1 aromatic rings. The Morgan fingerprint density at radius 1 is 1.19 bits per heavy atom. The fourth-order valence-electron chi connectivity index (χ4n) is 7.46. The molecule has 10 heteroatoms. The van der Waals surface area contributed by atoms with E-state index < -0.39 is 52.8 Å². The first-order chi connectivity index (χ1) is 20.1. The number of likely N-dealkylation sites (tertiary alicyclic amines) is 1. The van der Waals surface area contributed by atoms with Gasteiger partial charge in [-0.05, 0) is 90.6 Å². The summed E-state index contributed by atoms with van der Waals surface area (Å²) in [5, 5.41) is 15.0. The summed E-state index contributed by atoms with van der Waals surface area (Å²) in [6.45, 7) is 13.5. The van der Waals surface area contributed by atoms with Gasteiger partial charge in [0.05, 0.1) is 16.9 Å². The highest BCUT2D eigenvalue weighted by molar-refractivity contribution is 5.81. The normalized spacial score (nSPS) is 28.7. The van der Waals surface area contributed by atoms with Crippen molar-refractivity contribution in [2.45, 2.75) is 109 Å². The molecule has 2 heterocycles. The van der Waals surface area contributed by atoms with Crippen molar-refractivity contribution >= 4 is 18.0 Å². The van der Waals surface area contributed by atoms with Gasteiger partial charge in [0.1, 0.15) is 17.1 Å². The number of hydrogen-bond donors (Lipinski definition) is 2. The van der Waals surface area contributed by atoms with Crippen LogP contribution in [0.4, 0.5) is 4.79 Å². The van der Waals surface area contributed by atoms with Crippen LogP contribution >= 0.6 is 0 Å². The van der Waals surface area contributed by atoms with Gasteiger partial charge in [-0.2, -0.15) is 0 Å². The minimum atomic E-state index is -1.19. The summed E-state index contributed by atoms with van der Waals surface area (Å²) in [6.07, 6.45) is 1.43. The molecule has 2 bridgehead atoms. The van der Waals surface area contributed by atoms with Crippen LogP contribution in [-0.2, 0) is 35.6 Å². The standard InChI is InChI=1S/C33H46N2O8/c1-18(2)15-22(17-34-30(38)43-31(5,6)7)29(37)40-20(4)28(36)41-23-11-12-33(39)24-16-21-10-9-19(3)26-25(21)32(33,27(23)42-26)13-14-35(24)8/h9-11,18,20,22,24,27,39H,12-17H2,1-8H3,(H,34,38)/t20-,22+,24+,27-,32-,33+/m0/s1. The van der Waals surface area contributed by atoms with Gasteiger partial charge in [-0.15, -0.1) is 0 Å². The molecule has 2 N–H and O–H groups in total. The molecule has 2 aliphatic carbocycles. The molecule has 1 saturated heterocycles. The summed E-state index contributed by atoms with van der Waals surface area (Å²) in [6, 6.07) is 4.09. The summed E-state index contributed by atoms with van der Waals surface area (Å²) in [4.78, 5) is 40.9. The number of benzene rings is 1. The van der Waals surface area contributed by atoms with Crippen molar-refractivity contribution in [2.75, 3.05) is 20.1 Å². The zero-order valence-electron chi connectivity index (χ0n) is 26.6. The van der Waals surface area contributed by atoms with Crippen LogP contribution in [0.3, 0.4) is 0 Å². The van der Waals surface area contributed by atoms with Crippen molar-refractivity contribution in [1.82, 2.24) is 10.2 Å². The molecule has 1 spiro atoms. The average molecular weight is 599 g/mol. The van der Waals surface area contributed by atoms with E-state index >= 15 is 0 Å². The third-order valence-electron chi connectivity index (χ3n) is 9.40. The van der Waals surface area contributed by atoms with Crippen LogP contribution in [0.15, 0.2) is 24.0 Å². The van der Waals surface area contributed by atoms with Crippen molar-refractivity contribution < 1.29 is 38.4 Å². The third kappa shape index (κ3) is 5.41. The Morgan fingerprint density at radius 3 is 2.58 bits per heavy atom. The number of alkyl carbamates (subject to hydrolysis) is 1. The molecular formula is C33H46N2O8. The molecule has 236 valence electrons. The Hall–Kier alpha value is -3.11. The number of aryl methyl sites for hydroxylation is 1. The van der Waals surface area contributed by atoms with Gasteiger partial charge in [0.25, 0.3) is 0 Å². The van der Waals surface area contributed by atoms with Crippen LogP contribution in [0.2, 0.25) is 0 Å². The Kier molecular flexibility index (Phi) is 8.09. The molecule has 1 amide bonds. The Labute approximate surface area is 254 Å². The third-order valence-corrected chi connectivity index (χ3v) is 9.40. The maximum atomic E-state index is 13.4. The van der Waals surface area contributed by atoms with Gasteiger partial charge in [-0.25, -0.2) is 9.59 Å². The van der Waals surface area contributed by atoms with E-state index in [0.717, 1.165) is 35.4 Å².